The first kappa shape index (κ1) is 19.3. The van der Waals surface area contributed by atoms with Gasteiger partial charge in [-0.2, -0.15) is 5.26 Å². The molecule has 0 aliphatic heterocycles. The van der Waals surface area contributed by atoms with Gasteiger partial charge in [-0.3, -0.25) is 9.10 Å². The van der Waals surface area contributed by atoms with E-state index in [2.05, 4.69) is 5.32 Å². The molecule has 0 atom stereocenters. The number of nitrogens with zero attached hydrogens (tertiary/aromatic N) is 2. The number of sulfonamides is 1. The predicted octanol–water partition coefficient (Wildman–Crippen LogP) is 2.03. The highest BCUT2D eigenvalue weighted by Gasteiger charge is 2.20. The van der Waals surface area contributed by atoms with Crippen molar-refractivity contribution in [2.24, 2.45) is 0 Å². The molecule has 136 valence electrons. The fourth-order valence-corrected chi connectivity index (χ4v) is 3.20. The van der Waals surface area contributed by atoms with Gasteiger partial charge >= 0.3 is 0 Å². The summed E-state index contributed by atoms with van der Waals surface area (Å²) in [5.74, 6) is -2.90. The third kappa shape index (κ3) is 4.55. The third-order valence-corrected chi connectivity index (χ3v) is 4.66. The van der Waals surface area contributed by atoms with Crippen LogP contribution in [-0.4, -0.2) is 33.7 Å². The molecule has 26 heavy (non-hydrogen) atoms. The van der Waals surface area contributed by atoms with E-state index in [0.29, 0.717) is 0 Å². The zero-order valence-corrected chi connectivity index (χ0v) is 14.6. The fraction of sp³-hybridized carbons (Fsp3) is 0.176. The number of hydrogen-bond donors (Lipinski definition) is 1. The summed E-state index contributed by atoms with van der Waals surface area (Å²) >= 11 is 0. The van der Waals surface area contributed by atoms with Crippen LogP contribution in [0.5, 0.6) is 0 Å². The molecule has 0 radical (unpaired) electrons. The molecule has 1 N–H and O–H groups in total. The van der Waals surface area contributed by atoms with Gasteiger partial charge in [0.15, 0.2) is 11.6 Å². The maximum atomic E-state index is 13.2. The minimum atomic E-state index is -3.70. The molecule has 0 aliphatic carbocycles. The van der Waals surface area contributed by atoms with Crippen molar-refractivity contribution in [3.05, 3.63) is 65.2 Å². The second-order valence-electron chi connectivity index (χ2n) is 5.35. The maximum Gasteiger partial charge on any atom is 0.251 e. The van der Waals surface area contributed by atoms with Gasteiger partial charge in [-0.1, -0.05) is 12.1 Å². The standard InChI is InChI=1S/C17H15F2N3O3S/c1-26(24,25)22(16-5-3-2-4-13(16)11-20)9-8-21-17(23)12-6-7-14(18)15(19)10-12/h2-7,10H,8-9H2,1H3,(H,21,23). The van der Waals surface area contributed by atoms with E-state index in [9.17, 15) is 22.0 Å². The highest BCUT2D eigenvalue weighted by Crippen LogP contribution is 2.21. The lowest BCUT2D eigenvalue weighted by Crippen LogP contribution is -2.38. The van der Waals surface area contributed by atoms with Crippen LogP contribution in [0.1, 0.15) is 15.9 Å². The van der Waals surface area contributed by atoms with Gasteiger partial charge in [0, 0.05) is 12.1 Å². The van der Waals surface area contributed by atoms with E-state index in [-0.39, 0.29) is 29.9 Å². The van der Waals surface area contributed by atoms with Crippen LogP contribution in [0.15, 0.2) is 42.5 Å². The molecule has 2 rings (SSSR count). The van der Waals surface area contributed by atoms with E-state index in [1.165, 1.54) is 12.1 Å². The van der Waals surface area contributed by atoms with Gasteiger partial charge in [-0.15, -0.1) is 0 Å². The largest absolute Gasteiger partial charge is 0.350 e. The van der Waals surface area contributed by atoms with Gasteiger partial charge in [0.05, 0.1) is 24.1 Å². The normalized spacial score (nSPS) is 10.8. The van der Waals surface area contributed by atoms with Crippen molar-refractivity contribution in [2.75, 3.05) is 23.7 Å². The second-order valence-corrected chi connectivity index (χ2v) is 7.26. The first-order chi connectivity index (χ1) is 12.2. The molecular formula is C17H15F2N3O3S. The van der Waals surface area contributed by atoms with E-state index in [0.717, 1.165) is 28.8 Å². The summed E-state index contributed by atoms with van der Waals surface area (Å²) in [6.45, 7) is -0.225. The minimum absolute atomic E-state index is 0.0905. The summed E-state index contributed by atoms with van der Waals surface area (Å²) in [6.07, 6.45) is 0.984. The number of nitriles is 1. The molecule has 0 heterocycles. The SMILES string of the molecule is CS(=O)(=O)N(CCNC(=O)c1ccc(F)c(F)c1)c1ccccc1C#N. The summed E-state index contributed by atoms with van der Waals surface area (Å²) < 4.78 is 51.2. The van der Waals surface area contributed by atoms with E-state index in [1.54, 1.807) is 12.1 Å². The van der Waals surface area contributed by atoms with Gasteiger partial charge in [0.1, 0.15) is 6.07 Å². The zero-order chi connectivity index (χ0) is 19.3. The highest BCUT2D eigenvalue weighted by molar-refractivity contribution is 7.92. The number of halogens is 2. The number of nitrogens with one attached hydrogen (secondary N) is 1. The van der Waals surface area contributed by atoms with E-state index in [1.807, 2.05) is 6.07 Å². The van der Waals surface area contributed by atoms with Gasteiger partial charge in [0.2, 0.25) is 10.0 Å². The average Bonchev–Trinajstić information content (AvgIpc) is 2.59. The Morgan fingerprint density at radius 2 is 1.88 bits per heavy atom. The maximum absolute atomic E-state index is 13.2. The molecule has 9 heteroatoms. The van der Waals surface area contributed by atoms with Crippen LogP contribution in [0.3, 0.4) is 0 Å². The summed E-state index contributed by atoms with van der Waals surface area (Å²) in [6, 6.07) is 10.8. The average molecular weight is 379 g/mol. The highest BCUT2D eigenvalue weighted by atomic mass is 32.2. The lowest BCUT2D eigenvalue weighted by atomic mass is 10.2. The zero-order valence-electron chi connectivity index (χ0n) is 13.7. The van der Waals surface area contributed by atoms with Crippen LogP contribution in [0.2, 0.25) is 0 Å². The Balaban J connectivity index is 2.12. The number of benzene rings is 2. The molecule has 6 nitrogen and oxygen atoms in total. The molecule has 0 saturated carbocycles. The van der Waals surface area contributed by atoms with Crippen molar-refractivity contribution in [3.63, 3.8) is 0 Å². The number of amides is 1. The quantitative estimate of drug-likeness (QED) is 0.832. The van der Waals surface area contributed by atoms with Crippen molar-refractivity contribution in [3.8, 4) is 6.07 Å². The van der Waals surface area contributed by atoms with Crippen molar-refractivity contribution in [1.29, 1.82) is 5.26 Å². The first-order valence-electron chi connectivity index (χ1n) is 7.44. The van der Waals surface area contributed by atoms with Gasteiger partial charge < -0.3 is 5.32 Å². The molecular weight excluding hydrogens is 364 g/mol. The van der Waals surface area contributed by atoms with Crippen LogP contribution < -0.4 is 9.62 Å². The van der Waals surface area contributed by atoms with Crippen LogP contribution in [-0.2, 0) is 10.0 Å². The molecule has 0 aliphatic rings. The Labute approximate surface area is 149 Å². The molecule has 1 amide bonds. The second kappa shape index (κ2) is 7.93. The Morgan fingerprint density at radius 3 is 2.50 bits per heavy atom. The number of hydrogen-bond acceptors (Lipinski definition) is 4. The number of rotatable bonds is 6. The molecule has 0 fully saturated rings. The fourth-order valence-electron chi connectivity index (χ4n) is 2.26. The first-order valence-corrected chi connectivity index (χ1v) is 9.29. The number of para-hydroxylation sites is 1. The van der Waals surface area contributed by atoms with Crippen LogP contribution in [0.25, 0.3) is 0 Å². The Kier molecular flexibility index (Phi) is 5.90. The summed E-state index contributed by atoms with van der Waals surface area (Å²) in [5, 5.41) is 11.6. The van der Waals surface area contributed by atoms with Crippen LogP contribution in [0, 0.1) is 23.0 Å². The third-order valence-electron chi connectivity index (χ3n) is 3.48. The topological polar surface area (TPSA) is 90.3 Å². The van der Waals surface area contributed by atoms with Crippen LogP contribution >= 0.6 is 0 Å². The number of carbonyl (C=O) groups excluding carboxylic acids is 1. The van der Waals surface area contributed by atoms with Gasteiger partial charge in [-0.05, 0) is 30.3 Å². The van der Waals surface area contributed by atoms with Crippen molar-refractivity contribution >= 4 is 21.6 Å². The monoisotopic (exact) mass is 379 g/mol. The molecule has 0 saturated heterocycles. The molecule has 0 spiro atoms. The van der Waals surface area contributed by atoms with Gasteiger partial charge in [-0.25, -0.2) is 17.2 Å². The predicted molar refractivity (Wildman–Crippen MR) is 92.0 cm³/mol. The van der Waals surface area contributed by atoms with Crippen molar-refractivity contribution in [2.45, 2.75) is 0 Å². The summed E-state index contributed by atoms with van der Waals surface area (Å²) in [7, 11) is -3.70. The molecule has 2 aromatic rings. The molecule has 2 aromatic carbocycles. The Morgan fingerprint density at radius 1 is 1.19 bits per heavy atom. The van der Waals surface area contributed by atoms with E-state index < -0.39 is 27.6 Å². The van der Waals surface area contributed by atoms with E-state index >= 15 is 0 Å². The summed E-state index contributed by atoms with van der Waals surface area (Å²) in [5.41, 5.74) is 0.275. The lowest BCUT2D eigenvalue weighted by molar-refractivity contribution is 0.0954. The van der Waals surface area contributed by atoms with Crippen molar-refractivity contribution < 1.29 is 22.0 Å². The Hall–Kier alpha value is -2.99. The van der Waals surface area contributed by atoms with Crippen molar-refractivity contribution in [1.82, 2.24) is 5.32 Å². The van der Waals surface area contributed by atoms with Crippen LogP contribution in [0.4, 0.5) is 14.5 Å². The smallest absolute Gasteiger partial charge is 0.251 e. The molecule has 0 aromatic heterocycles. The molecule has 0 bridgehead atoms. The number of carbonyl (C=O) groups is 1. The summed E-state index contributed by atoms with van der Waals surface area (Å²) in [4.78, 5) is 12.0. The Bertz CT molecular complexity index is 971. The molecule has 0 unspecified atom stereocenters. The van der Waals surface area contributed by atoms with E-state index in [4.69, 9.17) is 5.26 Å². The lowest BCUT2D eigenvalue weighted by Gasteiger charge is -2.23. The van der Waals surface area contributed by atoms with Gasteiger partial charge in [0.25, 0.3) is 5.91 Å². The minimum Gasteiger partial charge on any atom is -0.350 e. The number of anilines is 1.